The molecule has 0 bridgehead atoms. The Labute approximate surface area is 243 Å². The summed E-state index contributed by atoms with van der Waals surface area (Å²) in [7, 11) is 0. The summed E-state index contributed by atoms with van der Waals surface area (Å²) in [5, 5.41) is 17.3. The first-order valence-electron chi connectivity index (χ1n) is 13.6. The number of alkyl halides is 1. The van der Waals surface area contributed by atoms with Crippen LogP contribution >= 0.6 is 11.6 Å². The summed E-state index contributed by atoms with van der Waals surface area (Å²) in [5.41, 5.74) is 5.52. The molecule has 8 nitrogen and oxygen atoms in total. The number of nitrogens with zero attached hydrogens (tertiary/aromatic N) is 1. The number of hydrogen-bond donors (Lipinski definition) is 4. The number of phenols is 1. The highest BCUT2D eigenvalue weighted by molar-refractivity contribution is 6.21. The van der Waals surface area contributed by atoms with Gasteiger partial charge in [-0.1, -0.05) is 36.4 Å². The van der Waals surface area contributed by atoms with Crippen molar-refractivity contribution in [2.45, 2.75) is 5.92 Å². The van der Waals surface area contributed by atoms with E-state index in [0.29, 0.717) is 40.6 Å². The quantitative estimate of drug-likeness (QED) is 0.163. The summed E-state index contributed by atoms with van der Waals surface area (Å²) in [6, 6.07) is 25.8. The van der Waals surface area contributed by atoms with Gasteiger partial charge in [-0.25, -0.2) is 0 Å². The zero-order valence-electron chi connectivity index (χ0n) is 22.1. The van der Waals surface area contributed by atoms with E-state index >= 15 is 0 Å². The third-order valence-corrected chi connectivity index (χ3v) is 8.45. The molecule has 1 aliphatic rings. The molecule has 42 heavy (non-hydrogen) atoms. The first-order valence-corrected chi connectivity index (χ1v) is 14.1. The van der Waals surface area contributed by atoms with Crippen LogP contribution in [0.3, 0.4) is 0 Å². The van der Waals surface area contributed by atoms with Gasteiger partial charge in [0.05, 0.1) is 11.2 Å². The fraction of sp³-hybridized carbons (Fsp3) is 0.0909. The Bertz CT molecular complexity index is 2190. The van der Waals surface area contributed by atoms with Crippen molar-refractivity contribution in [3.05, 3.63) is 102 Å². The molecule has 4 N–H and O–H groups in total. The number of aromatic nitrogens is 2. The number of benzene rings is 4. The zero-order chi connectivity index (χ0) is 28.5. The molecule has 8 rings (SSSR count). The Morgan fingerprint density at radius 2 is 1.79 bits per heavy atom. The summed E-state index contributed by atoms with van der Waals surface area (Å²) < 4.78 is 5.68. The number of nitrogens with one attached hydrogen (secondary N) is 3. The number of aromatic amines is 2. The number of H-pyrrole nitrogens is 2. The van der Waals surface area contributed by atoms with Gasteiger partial charge in [-0.05, 0) is 48.0 Å². The van der Waals surface area contributed by atoms with Gasteiger partial charge in [0.25, 0.3) is 11.8 Å². The van der Waals surface area contributed by atoms with Crippen molar-refractivity contribution in [3.8, 4) is 5.75 Å². The average molecular weight is 575 g/mol. The number of para-hydroxylation sites is 2. The van der Waals surface area contributed by atoms with Gasteiger partial charge in [0.1, 0.15) is 17.0 Å². The van der Waals surface area contributed by atoms with E-state index in [0.717, 1.165) is 38.1 Å². The van der Waals surface area contributed by atoms with E-state index in [4.69, 9.17) is 16.0 Å². The standard InChI is InChI=1S/C33H23ClN4O4/c34-15-19-16-38(25-14-26(39)31-30(29(19)25)21-6-2-3-7-23(21)37-31)33(41)24-12-18-11-20(9-10-22(18)36-24)35-32(40)28-13-17-5-1-4-8-27(17)42-28/h1-14,19,36-37,39H,15-16H2,(H,35,40)/t19-/m1/s1. The Kier molecular flexibility index (Phi) is 5.36. The minimum Gasteiger partial charge on any atom is -0.506 e. The van der Waals surface area contributed by atoms with Crippen LogP contribution in [0.2, 0.25) is 0 Å². The highest BCUT2D eigenvalue weighted by atomic mass is 35.5. The average Bonchev–Trinajstić information content (AvgIpc) is 3.78. The van der Waals surface area contributed by atoms with Crippen LogP contribution in [-0.2, 0) is 0 Å². The molecular formula is C33H23ClN4O4. The fourth-order valence-electron chi connectivity index (χ4n) is 6.14. The van der Waals surface area contributed by atoms with Gasteiger partial charge in [0.15, 0.2) is 5.76 Å². The third kappa shape index (κ3) is 3.69. The van der Waals surface area contributed by atoms with Crippen LogP contribution in [0.5, 0.6) is 5.75 Å². The summed E-state index contributed by atoms with van der Waals surface area (Å²) in [4.78, 5) is 35.0. The zero-order valence-corrected chi connectivity index (χ0v) is 22.8. The van der Waals surface area contributed by atoms with Crippen LogP contribution in [0, 0.1) is 0 Å². The minimum absolute atomic E-state index is 0.0782. The lowest BCUT2D eigenvalue weighted by molar-refractivity contribution is 0.0981. The molecule has 0 saturated heterocycles. The first kappa shape index (κ1) is 24.6. The Balaban J connectivity index is 1.13. The van der Waals surface area contributed by atoms with Gasteiger partial charge in [-0.2, -0.15) is 0 Å². The molecule has 0 aliphatic carbocycles. The summed E-state index contributed by atoms with van der Waals surface area (Å²) in [6.45, 7) is 0.393. The maximum Gasteiger partial charge on any atom is 0.291 e. The van der Waals surface area contributed by atoms with Crippen molar-refractivity contribution < 1.29 is 19.1 Å². The third-order valence-electron chi connectivity index (χ3n) is 8.07. The molecule has 0 spiro atoms. The second-order valence-electron chi connectivity index (χ2n) is 10.6. The molecule has 3 aromatic heterocycles. The van der Waals surface area contributed by atoms with Crippen LogP contribution in [0.25, 0.3) is 43.7 Å². The number of amides is 2. The van der Waals surface area contributed by atoms with Crippen molar-refractivity contribution in [2.24, 2.45) is 0 Å². The van der Waals surface area contributed by atoms with Crippen LogP contribution < -0.4 is 10.2 Å². The summed E-state index contributed by atoms with van der Waals surface area (Å²) in [6.07, 6.45) is 0. The molecule has 7 aromatic rings. The molecule has 2 amide bonds. The van der Waals surface area contributed by atoms with Crippen molar-refractivity contribution in [2.75, 3.05) is 22.6 Å². The van der Waals surface area contributed by atoms with Crippen LogP contribution in [0.1, 0.15) is 32.5 Å². The van der Waals surface area contributed by atoms with Gasteiger partial charge in [0, 0.05) is 62.7 Å². The highest BCUT2D eigenvalue weighted by Crippen LogP contribution is 2.47. The SMILES string of the molecule is O=C(Nc1ccc2[nH]c(C(=O)N3C[C@@H](CCl)c4c3cc(O)c3[nH]c5ccccc5c43)cc2c1)c1cc2ccccc2o1. The van der Waals surface area contributed by atoms with Crippen molar-refractivity contribution in [3.63, 3.8) is 0 Å². The number of carbonyl (C=O) groups excluding carboxylic acids is 2. The van der Waals surface area contributed by atoms with Gasteiger partial charge in [-0.15, -0.1) is 11.6 Å². The maximum atomic E-state index is 13.9. The van der Waals surface area contributed by atoms with E-state index in [2.05, 4.69) is 15.3 Å². The number of rotatable bonds is 4. The van der Waals surface area contributed by atoms with Gasteiger partial charge in [-0.3, -0.25) is 9.59 Å². The molecule has 4 heterocycles. The number of furan rings is 1. The minimum atomic E-state index is -0.360. The van der Waals surface area contributed by atoms with E-state index in [-0.39, 0.29) is 29.2 Å². The van der Waals surface area contributed by atoms with Crippen molar-refractivity contribution >= 4 is 78.5 Å². The lowest BCUT2D eigenvalue weighted by Gasteiger charge is -2.17. The first-order chi connectivity index (χ1) is 20.5. The van der Waals surface area contributed by atoms with Gasteiger partial charge < -0.3 is 29.7 Å². The Hall–Kier alpha value is -5.21. The fourth-order valence-corrected chi connectivity index (χ4v) is 6.40. The van der Waals surface area contributed by atoms with E-state index in [1.165, 1.54) is 0 Å². The summed E-state index contributed by atoms with van der Waals surface area (Å²) in [5.74, 6) is -0.0628. The van der Waals surface area contributed by atoms with E-state index in [9.17, 15) is 14.7 Å². The van der Waals surface area contributed by atoms with Crippen LogP contribution in [0.4, 0.5) is 11.4 Å². The smallest absolute Gasteiger partial charge is 0.291 e. The molecule has 0 saturated carbocycles. The number of phenolic OH excluding ortho intramolecular Hbond substituents is 1. The molecule has 0 unspecified atom stereocenters. The Morgan fingerprint density at radius 3 is 2.64 bits per heavy atom. The highest BCUT2D eigenvalue weighted by Gasteiger charge is 2.36. The molecule has 1 atom stereocenters. The lowest BCUT2D eigenvalue weighted by Crippen LogP contribution is -2.30. The molecule has 0 radical (unpaired) electrons. The maximum absolute atomic E-state index is 13.9. The predicted molar refractivity (Wildman–Crippen MR) is 165 cm³/mol. The second-order valence-corrected chi connectivity index (χ2v) is 10.9. The van der Waals surface area contributed by atoms with E-state index in [1.807, 2.05) is 60.7 Å². The second kappa shape index (κ2) is 9.15. The number of carbonyl (C=O) groups is 2. The molecule has 0 fully saturated rings. The molecule has 1 aliphatic heterocycles. The van der Waals surface area contributed by atoms with E-state index < -0.39 is 0 Å². The molecular weight excluding hydrogens is 552 g/mol. The molecule has 4 aromatic carbocycles. The van der Waals surface area contributed by atoms with Crippen molar-refractivity contribution in [1.82, 2.24) is 9.97 Å². The predicted octanol–water partition coefficient (Wildman–Crippen LogP) is 7.49. The number of halogens is 1. The topological polar surface area (TPSA) is 114 Å². The van der Waals surface area contributed by atoms with E-state index in [1.54, 1.807) is 29.2 Å². The number of aromatic hydroxyl groups is 1. The lowest BCUT2D eigenvalue weighted by atomic mass is 9.96. The number of anilines is 2. The monoisotopic (exact) mass is 574 g/mol. The number of fused-ring (bicyclic) bond motifs is 7. The Morgan fingerprint density at radius 1 is 0.952 bits per heavy atom. The van der Waals surface area contributed by atoms with Gasteiger partial charge in [0.2, 0.25) is 0 Å². The van der Waals surface area contributed by atoms with Crippen molar-refractivity contribution in [1.29, 1.82) is 0 Å². The van der Waals surface area contributed by atoms with Crippen LogP contribution in [0.15, 0.2) is 89.3 Å². The molecule has 206 valence electrons. The largest absolute Gasteiger partial charge is 0.506 e. The number of hydrogen-bond acceptors (Lipinski definition) is 4. The van der Waals surface area contributed by atoms with Crippen LogP contribution in [-0.4, -0.2) is 39.3 Å². The molecule has 9 heteroatoms. The van der Waals surface area contributed by atoms with Gasteiger partial charge >= 0.3 is 0 Å². The normalized spacial score (nSPS) is 14.8. The summed E-state index contributed by atoms with van der Waals surface area (Å²) >= 11 is 6.44.